The first-order valence-electron chi connectivity index (χ1n) is 8.64. The Morgan fingerprint density at radius 1 is 1.33 bits per heavy atom. The van der Waals surface area contributed by atoms with Gasteiger partial charge in [-0.05, 0) is 37.6 Å². The summed E-state index contributed by atoms with van der Waals surface area (Å²) in [4.78, 5) is 32.3. The number of carbonyl (C=O) groups is 1. The standard InChI is InChI=1S/C19H22N4O3S/c1-4-23-18(25)17-15(9-12(2)21-17)22-19(23)27-11-16(24)20-10-13-5-7-14(26-3)8-6-13/h5-9,21H,4,10-11H2,1-3H3,(H,20,24). The van der Waals surface area contributed by atoms with Gasteiger partial charge in [-0.25, -0.2) is 4.98 Å². The number of methoxy groups -OCH3 is 1. The summed E-state index contributed by atoms with van der Waals surface area (Å²) in [7, 11) is 1.62. The number of aryl methyl sites for hydroxylation is 1. The Bertz CT molecular complexity index is 1010. The van der Waals surface area contributed by atoms with E-state index in [1.165, 1.54) is 11.8 Å². The largest absolute Gasteiger partial charge is 0.497 e. The second-order valence-corrected chi connectivity index (χ2v) is 7.01. The van der Waals surface area contributed by atoms with Gasteiger partial charge in [0.25, 0.3) is 5.56 Å². The van der Waals surface area contributed by atoms with Crippen molar-refractivity contribution in [2.75, 3.05) is 12.9 Å². The van der Waals surface area contributed by atoms with Crippen molar-refractivity contribution >= 4 is 28.7 Å². The van der Waals surface area contributed by atoms with Gasteiger partial charge in [0.15, 0.2) is 5.16 Å². The van der Waals surface area contributed by atoms with Crippen molar-refractivity contribution in [3.05, 3.63) is 51.9 Å². The molecular weight excluding hydrogens is 364 g/mol. The van der Waals surface area contributed by atoms with Gasteiger partial charge in [0, 0.05) is 18.8 Å². The monoisotopic (exact) mass is 386 g/mol. The molecule has 1 aromatic carbocycles. The molecule has 2 heterocycles. The molecule has 0 unspecified atom stereocenters. The second-order valence-electron chi connectivity index (χ2n) is 6.07. The third-order valence-electron chi connectivity index (χ3n) is 4.13. The lowest BCUT2D eigenvalue weighted by molar-refractivity contribution is -0.118. The van der Waals surface area contributed by atoms with Crippen LogP contribution in [0.3, 0.4) is 0 Å². The number of H-pyrrole nitrogens is 1. The fourth-order valence-corrected chi connectivity index (χ4v) is 3.62. The van der Waals surface area contributed by atoms with Gasteiger partial charge in [-0.1, -0.05) is 23.9 Å². The Hall–Kier alpha value is -2.74. The molecule has 0 saturated carbocycles. The highest BCUT2D eigenvalue weighted by Gasteiger charge is 2.13. The van der Waals surface area contributed by atoms with Crippen molar-refractivity contribution in [1.29, 1.82) is 0 Å². The van der Waals surface area contributed by atoms with E-state index in [2.05, 4.69) is 15.3 Å². The Kier molecular flexibility index (Phi) is 5.85. The zero-order valence-electron chi connectivity index (χ0n) is 15.5. The predicted molar refractivity (Wildman–Crippen MR) is 106 cm³/mol. The van der Waals surface area contributed by atoms with Crippen molar-refractivity contribution in [2.24, 2.45) is 0 Å². The normalized spacial score (nSPS) is 10.9. The van der Waals surface area contributed by atoms with Gasteiger partial charge in [0.1, 0.15) is 11.3 Å². The number of fused-ring (bicyclic) bond motifs is 1. The molecule has 7 nitrogen and oxygen atoms in total. The molecular formula is C19H22N4O3S. The molecule has 1 amide bonds. The lowest BCUT2D eigenvalue weighted by Gasteiger charge is -2.10. The van der Waals surface area contributed by atoms with Crippen molar-refractivity contribution < 1.29 is 9.53 Å². The molecule has 0 aliphatic heterocycles. The van der Waals surface area contributed by atoms with E-state index in [0.717, 1.165) is 17.0 Å². The van der Waals surface area contributed by atoms with E-state index in [-0.39, 0.29) is 17.2 Å². The minimum Gasteiger partial charge on any atom is -0.497 e. The maximum absolute atomic E-state index is 12.6. The van der Waals surface area contributed by atoms with E-state index in [9.17, 15) is 9.59 Å². The molecule has 0 bridgehead atoms. The zero-order chi connectivity index (χ0) is 19.4. The number of aromatic amines is 1. The topological polar surface area (TPSA) is 89.0 Å². The Morgan fingerprint density at radius 2 is 2.07 bits per heavy atom. The van der Waals surface area contributed by atoms with Crippen LogP contribution in [0.1, 0.15) is 18.2 Å². The highest BCUT2D eigenvalue weighted by atomic mass is 32.2. The van der Waals surface area contributed by atoms with E-state index < -0.39 is 0 Å². The average molecular weight is 386 g/mol. The number of hydrogen-bond donors (Lipinski definition) is 2. The molecule has 0 spiro atoms. The SMILES string of the molecule is CCn1c(SCC(=O)NCc2ccc(OC)cc2)nc2cc(C)[nH]c2c1=O. The first-order valence-corrected chi connectivity index (χ1v) is 9.63. The van der Waals surface area contributed by atoms with Crippen LogP contribution in [0, 0.1) is 6.92 Å². The maximum Gasteiger partial charge on any atom is 0.278 e. The van der Waals surface area contributed by atoms with Crippen LogP contribution in [-0.2, 0) is 17.9 Å². The summed E-state index contributed by atoms with van der Waals surface area (Å²) in [5, 5.41) is 3.43. The average Bonchev–Trinajstić information content (AvgIpc) is 3.05. The molecule has 142 valence electrons. The zero-order valence-corrected chi connectivity index (χ0v) is 16.4. The van der Waals surface area contributed by atoms with E-state index >= 15 is 0 Å². The summed E-state index contributed by atoms with van der Waals surface area (Å²) in [6.07, 6.45) is 0. The van der Waals surface area contributed by atoms with Gasteiger partial charge in [-0.15, -0.1) is 0 Å². The number of aromatic nitrogens is 3. The Labute approximate surface area is 161 Å². The van der Waals surface area contributed by atoms with Gasteiger partial charge in [0.2, 0.25) is 5.91 Å². The first kappa shape index (κ1) is 19.0. The van der Waals surface area contributed by atoms with Crippen LogP contribution in [0.15, 0.2) is 40.3 Å². The fourth-order valence-electron chi connectivity index (χ4n) is 2.73. The number of amides is 1. The van der Waals surface area contributed by atoms with Crippen LogP contribution >= 0.6 is 11.8 Å². The summed E-state index contributed by atoms with van der Waals surface area (Å²) in [6, 6.07) is 9.36. The molecule has 3 rings (SSSR count). The van der Waals surface area contributed by atoms with Crippen LogP contribution in [-0.4, -0.2) is 33.3 Å². The second kappa shape index (κ2) is 8.30. The van der Waals surface area contributed by atoms with E-state index in [4.69, 9.17) is 4.74 Å². The van der Waals surface area contributed by atoms with Crippen molar-refractivity contribution in [1.82, 2.24) is 19.9 Å². The van der Waals surface area contributed by atoms with Crippen LogP contribution in [0.2, 0.25) is 0 Å². The highest BCUT2D eigenvalue weighted by Crippen LogP contribution is 2.18. The molecule has 0 saturated heterocycles. The molecule has 2 aromatic heterocycles. The summed E-state index contributed by atoms with van der Waals surface area (Å²) in [5.41, 5.74) is 2.89. The van der Waals surface area contributed by atoms with Crippen molar-refractivity contribution in [3.8, 4) is 5.75 Å². The number of hydrogen-bond acceptors (Lipinski definition) is 5. The number of ether oxygens (including phenoxy) is 1. The van der Waals surface area contributed by atoms with Crippen molar-refractivity contribution in [2.45, 2.75) is 32.1 Å². The van der Waals surface area contributed by atoms with Crippen molar-refractivity contribution in [3.63, 3.8) is 0 Å². The number of carbonyl (C=O) groups excluding carboxylic acids is 1. The predicted octanol–water partition coefficient (Wildman–Crippen LogP) is 2.47. The first-order chi connectivity index (χ1) is 13.0. The Morgan fingerprint density at radius 3 is 2.74 bits per heavy atom. The summed E-state index contributed by atoms with van der Waals surface area (Å²) in [5.74, 6) is 0.857. The van der Waals surface area contributed by atoms with Gasteiger partial charge in [0.05, 0.1) is 18.4 Å². The number of nitrogens with zero attached hydrogens (tertiary/aromatic N) is 2. The number of thioether (sulfide) groups is 1. The van der Waals surface area contributed by atoms with Gasteiger partial charge < -0.3 is 15.0 Å². The number of rotatable bonds is 7. The molecule has 0 aliphatic rings. The van der Waals surface area contributed by atoms with Gasteiger partial charge in [-0.2, -0.15) is 0 Å². The molecule has 8 heteroatoms. The number of nitrogens with one attached hydrogen (secondary N) is 2. The molecule has 0 fully saturated rings. The van der Waals surface area contributed by atoms with Crippen LogP contribution in [0.5, 0.6) is 5.75 Å². The fraction of sp³-hybridized carbons (Fsp3) is 0.316. The van der Waals surface area contributed by atoms with E-state index in [0.29, 0.717) is 29.3 Å². The third kappa shape index (κ3) is 4.33. The highest BCUT2D eigenvalue weighted by molar-refractivity contribution is 7.99. The smallest absolute Gasteiger partial charge is 0.278 e. The lowest BCUT2D eigenvalue weighted by Crippen LogP contribution is -2.26. The minimum atomic E-state index is -0.114. The van der Waals surface area contributed by atoms with Gasteiger partial charge >= 0.3 is 0 Å². The van der Waals surface area contributed by atoms with Crippen LogP contribution in [0.25, 0.3) is 11.0 Å². The molecule has 0 radical (unpaired) electrons. The molecule has 0 atom stereocenters. The quantitative estimate of drug-likeness (QED) is 0.481. The molecule has 2 N–H and O–H groups in total. The summed E-state index contributed by atoms with van der Waals surface area (Å²) >= 11 is 1.27. The lowest BCUT2D eigenvalue weighted by atomic mass is 10.2. The molecule has 3 aromatic rings. The van der Waals surface area contributed by atoms with Gasteiger partial charge in [-0.3, -0.25) is 14.2 Å². The van der Waals surface area contributed by atoms with E-state index in [1.807, 2.05) is 44.2 Å². The minimum absolute atomic E-state index is 0.113. The summed E-state index contributed by atoms with van der Waals surface area (Å²) < 4.78 is 6.70. The molecule has 0 aliphatic carbocycles. The van der Waals surface area contributed by atoms with Crippen LogP contribution in [0.4, 0.5) is 0 Å². The maximum atomic E-state index is 12.6. The Balaban J connectivity index is 1.65. The third-order valence-corrected chi connectivity index (χ3v) is 5.11. The number of benzene rings is 1. The molecule has 27 heavy (non-hydrogen) atoms. The van der Waals surface area contributed by atoms with Crippen LogP contribution < -0.4 is 15.6 Å². The summed E-state index contributed by atoms with van der Waals surface area (Å²) in [6.45, 7) is 4.71. The van der Waals surface area contributed by atoms with E-state index in [1.54, 1.807) is 11.7 Å².